The van der Waals surface area contributed by atoms with E-state index in [0.717, 1.165) is 32.1 Å². The molecule has 10 heteroatoms. The molecule has 0 fully saturated rings. The number of carbonyl (C=O) groups is 1. The van der Waals surface area contributed by atoms with Crippen molar-refractivity contribution in [1.82, 2.24) is 0 Å². The van der Waals surface area contributed by atoms with Crippen LogP contribution in [0.25, 0.3) is 0 Å². The van der Waals surface area contributed by atoms with Crippen molar-refractivity contribution in [1.29, 1.82) is 0 Å². The summed E-state index contributed by atoms with van der Waals surface area (Å²) in [5.41, 5.74) is 0. The molecule has 0 aliphatic rings. The highest BCUT2D eigenvalue weighted by atomic mass is 31.2. The number of hydrogen-bond acceptors (Lipinski definition) is 7. The van der Waals surface area contributed by atoms with E-state index >= 15 is 0 Å². The van der Waals surface area contributed by atoms with E-state index in [2.05, 4.69) is 24.0 Å². The number of esters is 1. The van der Waals surface area contributed by atoms with Crippen LogP contribution in [-0.4, -0.2) is 74.2 Å². The number of phosphoric ester groups is 1. The standard InChI is InChI=1S/C26H52NO8P/c1-5-6-7-8-9-10-11-12-13-14-15-16-17-18-19-20-26(28)32-23-25(35-29)24-34-36(30,31)33-22-21-27(2,3)4/h12-13,25H,5-11,14-24H2,1-4H3,(H-,29,30,31)/p+1/t25-/m1/s1. The lowest BCUT2D eigenvalue weighted by atomic mass is 10.1. The van der Waals surface area contributed by atoms with E-state index in [1.54, 1.807) is 0 Å². The van der Waals surface area contributed by atoms with Gasteiger partial charge in [-0.15, -0.1) is 0 Å². The highest BCUT2D eigenvalue weighted by molar-refractivity contribution is 7.47. The number of phosphoric acid groups is 1. The van der Waals surface area contributed by atoms with Gasteiger partial charge in [0.25, 0.3) is 0 Å². The molecule has 0 rings (SSSR count). The monoisotopic (exact) mass is 538 g/mol. The van der Waals surface area contributed by atoms with E-state index in [1.807, 2.05) is 21.1 Å². The Morgan fingerprint density at radius 2 is 1.42 bits per heavy atom. The minimum absolute atomic E-state index is 0.0346. The number of hydrogen-bond donors (Lipinski definition) is 2. The van der Waals surface area contributed by atoms with Crippen LogP contribution in [0, 0.1) is 0 Å². The summed E-state index contributed by atoms with van der Waals surface area (Å²) in [7, 11) is 1.49. The molecule has 0 aromatic carbocycles. The van der Waals surface area contributed by atoms with Gasteiger partial charge in [-0.25, -0.2) is 9.45 Å². The first-order valence-corrected chi connectivity index (χ1v) is 15.1. The number of unbranched alkanes of at least 4 members (excludes halogenated alkanes) is 11. The Kier molecular flexibility index (Phi) is 21.7. The summed E-state index contributed by atoms with van der Waals surface area (Å²) in [6.07, 6.45) is 19.2. The Labute approximate surface area is 219 Å². The van der Waals surface area contributed by atoms with Gasteiger partial charge >= 0.3 is 13.8 Å². The normalized spacial score (nSPS) is 14.7. The molecule has 0 bridgehead atoms. The minimum atomic E-state index is -4.29. The van der Waals surface area contributed by atoms with E-state index in [9.17, 15) is 14.3 Å². The molecule has 1 unspecified atom stereocenters. The van der Waals surface area contributed by atoms with E-state index in [4.69, 9.17) is 19.0 Å². The second-order valence-corrected chi connectivity index (χ2v) is 11.8. The van der Waals surface area contributed by atoms with Crippen LogP contribution in [0.3, 0.4) is 0 Å². The van der Waals surface area contributed by atoms with Crippen LogP contribution in [0.1, 0.15) is 96.8 Å². The molecule has 0 heterocycles. The molecule has 0 aromatic heterocycles. The van der Waals surface area contributed by atoms with Crippen LogP contribution in [0.4, 0.5) is 0 Å². The van der Waals surface area contributed by atoms with Crippen LogP contribution in [0.5, 0.6) is 0 Å². The summed E-state index contributed by atoms with van der Waals surface area (Å²) in [6, 6.07) is 0. The van der Waals surface area contributed by atoms with E-state index in [0.29, 0.717) is 11.0 Å². The number of rotatable bonds is 25. The summed E-state index contributed by atoms with van der Waals surface area (Å²) >= 11 is 0. The zero-order valence-electron chi connectivity index (χ0n) is 23.2. The molecular weight excluding hydrogens is 485 g/mol. The fourth-order valence-electron chi connectivity index (χ4n) is 3.35. The Balaban J connectivity index is 3.71. The summed E-state index contributed by atoms with van der Waals surface area (Å²) in [5.74, 6) is -0.402. The number of likely N-dealkylation sites (N-methyl/N-ethyl adjacent to an activating group) is 1. The molecule has 214 valence electrons. The Morgan fingerprint density at radius 1 is 0.861 bits per heavy atom. The van der Waals surface area contributed by atoms with E-state index in [-0.39, 0.29) is 19.6 Å². The van der Waals surface area contributed by atoms with Gasteiger partial charge in [0.05, 0.1) is 27.7 Å². The second kappa shape index (κ2) is 22.2. The molecule has 2 N–H and O–H groups in total. The van der Waals surface area contributed by atoms with Gasteiger partial charge in [0.15, 0.2) is 6.10 Å². The van der Waals surface area contributed by atoms with Gasteiger partial charge in [-0.05, 0) is 32.1 Å². The zero-order chi connectivity index (χ0) is 27.1. The van der Waals surface area contributed by atoms with Gasteiger partial charge < -0.3 is 14.1 Å². The number of allylic oxidation sites excluding steroid dienone is 2. The van der Waals surface area contributed by atoms with Crippen molar-refractivity contribution in [3.63, 3.8) is 0 Å². The first-order valence-electron chi connectivity index (χ1n) is 13.6. The van der Waals surface area contributed by atoms with E-state index in [1.165, 1.54) is 51.4 Å². The Bertz CT molecular complexity index is 609. The van der Waals surface area contributed by atoms with Gasteiger partial charge in [0.2, 0.25) is 0 Å². The first kappa shape index (κ1) is 35.2. The number of quaternary nitrogens is 1. The fraction of sp³-hybridized carbons (Fsp3) is 0.885. The third-order valence-electron chi connectivity index (χ3n) is 5.66. The summed E-state index contributed by atoms with van der Waals surface area (Å²) in [6.45, 7) is 2.07. The maximum atomic E-state index is 11.9. The van der Waals surface area contributed by atoms with Crippen molar-refractivity contribution in [3.05, 3.63) is 12.2 Å². The van der Waals surface area contributed by atoms with Crippen LogP contribution in [0.15, 0.2) is 12.2 Å². The van der Waals surface area contributed by atoms with Gasteiger partial charge in [0.1, 0.15) is 19.8 Å². The summed E-state index contributed by atoms with van der Waals surface area (Å²) in [5, 5.41) is 8.94. The molecule has 0 aromatic rings. The van der Waals surface area contributed by atoms with Crippen LogP contribution < -0.4 is 0 Å². The fourth-order valence-corrected chi connectivity index (χ4v) is 4.09. The molecule has 0 amide bonds. The SMILES string of the molecule is CCCCCCCCC=CCCCCCCCC(=O)OC[C@H](COP(=O)(O)OCC[N+](C)(C)C)OO. The van der Waals surface area contributed by atoms with Crippen molar-refractivity contribution in [2.45, 2.75) is 103 Å². The lowest BCUT2D eigenvalue weighted by molar-refractivity contribution is -0.870. The minimum Gasteiger partial charge on any atom is -0.463 e. The third kappa shape index (κ3) is 24.9. The number of carbonyl (C=O) groups excluding carboxylic acids is 1. The molecule has 0 aliphatic carbocycles. The lowest BCUT2D eigenvalue weighted by Gasteiger charge is -2.24. The lowest BCUT2D eigenvalue weighted by Crippen LogP contribution is -2.37. The molecule has 0 aliphatic heterocycles. The second-order valence-electron chi connectivity index (χ2n) is 10.4. The maximum absolute atomic E-state index is 11.9. The first-order chi connectivity index (χ1) is 17.1. The average molecular weight is 539 g/mol. The van der Waals surface area contributed by atoms with Crippen LogP contribution in [-0.2, 0) is 28.0 Å². The summed E-state index contributed by atoms with van der Waals surface area (Å²) < 4.78 is 27.2. The van der Waals surface area contributed by atoms with Crippen molar-refractivity contribution >= 4 is 13.8 Å². The van der Waals surface area contributed by atoms with Crippen molar-refractivity contribution in [2.75, 3.05) is 47.5 Å². The molecular formula is C26H53NO8P+. The largest absolute Gasteiger partial charge is 0.472 e. The van der Waals surface area contributed by atoms with Crippen molar-refractivity contribution in [3.8, 4) is 0 Å². The molecule has 9 nitrogen and oxygen atoms in total. The third-order valence-corrected chi connectivity index (χ3v) is 6.65. The van der Waals surface area contributed by atoms with Crippen LogP contribution >= 0.6 is 7.82 Å². The Hall–Kier alpha value is -0.800. The molecule has 36 heavy (non-hydrogen) atoms. The molecule has 0 saturated carbocycles. The quantitative estimate of drug-likeness (QED) is 0.0266. The highest BCUT2D eigenvalue weighted by Gasteiger charge is 2.25. The topological polar surface area (TPSA) is 112 Å². The van der Waals surface area contributed by atoms with Crippen LogP contribution in [0.2, 0.25) is 0 Å². The molecule has 0 saturated heterocycles. The van der Waals surface area contributed by atoms with Gasteiger partial charge in [-0.2, -0.15) is 0 Å². The van der Waals surface area contributed by atoms with Gasteiger partial charge in [0, 0.05) is 6.42 Å². The van der Waals surface area contributed by atoms with Crippen molar-refractivity contribution in [2.24, 2.45) is 0 Å². The summed E-state index contributed by atoms with van der Waals surface area (Å²) in [4.78, 5) is 25.8. The molecule has 0 spiro atoms. The average Bonchev–Trinajstić information content (AvgIpc) is 2.80. The van der Waals surface area contributed by atoms with Gasteiger partial charge in [-0.1, -0.05) is 70.4 Å². The number of nitrogens with zero attached hydrogens (tertiary/aromatic N) is 1. The smallest absolute Gasteiger partial charge is 0.463 e. The molecule has 0 radical (unpaired) electrons. The van der Waals surface area contributed by atoms with Crippen molar-refractivity contribution < 1.29 is 42.7 Å². The van der Waals surface area contributed by atoms with Gasteiger partial charge in [-0.3, -0.25) is 19.1 Å². The predicted molar refractivity (Wildman–Crippen MR) is 143 cm³/mol. The number of ether oxygens (including phenoxy) is 1. The zero-order valence-corrected chi connectivity index (χ0v) is 24.1. The predicted octanol–water partition coefficient (Wildman–Crippen LogP) is 6.27. The Morgan fingerprint density at radius 3 is 1.97 bits per heavy atom. The molecule has 2 atom stereocenters. The highest BCUT2D eigenvalue weighted by Crippen LogP contribution is 2.43. The van der Waals surface area contributed by atoms with E-state index < -0.39 is 26.5 Å². The maximum Gasteiger partial charge on any atom is 0.472 e.